The first-order chi connectivity index (χ1) is 6.60. The van der Waals surface area contributed by atoms with Crippen LogP contribution < -0.4 is 5.32 Å². The first-order valence-electron chi connectivity index (χ1n) is 4.83. The molecule has 3 nitrogen and oxygen atoms in total. The predicted molar refractivity (Wildman–Crippen MR) is 54.1 cm³/mol. The quantitative estimate of drug-likeness (QED) is 0.622. The van der Waals surface area contributed by atoms with Crippen molar-refractivity contribution in [3.05, 3.63) is 29.8 Å². The Labute approximate surface area is 83.4 Å². The summed E-state index contributed by atoms with van der Waals surface area (Å²) in [6.07, 6.45) is 0.450. The molecule has 3 N–H and O–H groups in total. The molecule has 0 aromatic heterocycles. The van der Waals surface area contributed by atoms with Crippen molar-refractivity contribution in [1.82, 2.24) is 5.32 Å². The molecule has 14 heavy (non-hydrogen) atoms. The van der Waals surface area contributed by atoms with E-state index in [9.17, 15) is 5.11 Å². The molecule has 0 aliphatic carbocycles. The molecule has 1 aliphatic heterocycles. The highest BCUT2D eigenvalue weighted by molar-refractivity contribution is 5.31. The maximum Gasteiger partial charge on any atom is 0.115 e. The lowest BCUT2D eigenvalue weighted by Gasteiger charge is -2.24. The second-order valence-electron chi connectivity index (χ2n) is 4.12. The van der Waals surface area contributed by atoms with Crippen LogP contribution in [-0.2, 0) is 5.54 Å². The van der Waals surface area contributed by atoms with Gasteiger partial charge < -0.3 is 15.5 Å². The predicted octanol–water partition coefficient (Wildman–Crippen LogP) is 0.962. The topological polar surface area (TPSA) is 52.5 Å². The van der Waals surface area contributed by atoms with E-state index in [0.29, 0.717) is 6.54 Å². The van der Waals surface area contributed by atoms with Crippen LogP contribution in [0, 0.1) is 0 Å². The largest absolute Gasteiger partial charge is 0.508 e. The molecule has 1 aliphatic rings. The van der Waals surface area contributed by atoms with Gasteiger partial charge in [0.25, 0.3) is 0 Å². The molecule has 2 unspecified atom stereocenters. The molecule has 1 heterocycles. The molecule has 1 aromatic carbocycles. The Balaban J connectivity index is 2.26. The van der Waals surface area contributed by atoms with Crippen molar-refractivity contribution in [3.63, 3.8) is 0 Å². The van der Waals surface area contributed by atoms with Gasteiger partial charge in [-0.25, -0.2) is 0 Å². The van der Waals surface area contributed by atoms with Crippen LogP contribution in [0.15, 0.2) is 24.3 Å². The molecule has 1 fully saturated rings. The summed E-state index contributed by atoms with van der Waals surface area (Å²) in [6.45, 7) is 2.70. The summed E-state index contributed by atoms with van der Waals surface area (Å²) in [5.74, 6) is 0.274. The van der Waals surface area contributed by atoms with Gasteiger partial charge in [-0.2, -0.15) is 0 Å². The van der Waals surface area contributed by atoms with E-state index < -0.39 is 0 Å². The first kappa shape index (κ1) is 9.49. The number of phenols is 1. The van der Waals surface area contributed by atoms with Gasteiger partial charge in [0, 0.05) is 12.1 Å². The number of β-amino-alcohol motifs (C(OH)–C–C–N with tert-alkyl or cyclic N) is 1. The fraction of sp³-hybridized carbons (Fsp3) is 0.455. The van der Waals surface area contributed by atoms with E-state index in [1.165, 1.54) is 0 Å². The summed E-state index contributed by atoms with van der Waals surface area (Å²) in [4.78, 5) is 0. The number of hydrogen-bond acceptors (Lipinski definition) is 3. The van der Waals surface area contributed by atoms with E-state index in [1.54, 1.807) is 12.1 Å². The van der Waals surface area contributed by atoms with Gasteiger partial charge in [0.15, 0.2) is 0 Å². The maximum absolute atomic E-state index is 9.47. The molecule has 0 spiro atoms. The van der Waals surface area contributed by atoms with Crippen LogP contribution in [0.3, 0.4) is 0 Å². The summed E-state index contributed by atoms with van der Waals surface area (Å²) >= 11 is 0. The van der Waals surface area contributed by atoms with Crippen molar-refractivity contribution < 1.29 is 10.2 Å². The molecule has 3 heteroatoms. The molecule has 2 atom stereocenters. The number of benzene rings is 1. The second kappa shape index (κ2) is 3.26. The Morgan fingerprint density at radius 3 is 2.50 bits per heavy atom. The van der Waals surface area contributed by atoms with E-state index in [1.807, 2.05) is 12.1 Å². The monoisotopic (exact) mass is 193 g/mol. The van der Waals surface area contributed by atoms with Crippen LogP contribution in [0.25, 0.3) is 0 Å². The van der Waals surface area contributed by atoms with Gasteiger partial charge >= 0.3 is 0 Å². The maximum atomic E-state index is 9.47. The third-order valence-corrected chi connectivity index (χ3v) is 2.88. The van der Waals surface area contributed by atoms with Gasteiger partial charge in [0.2, 0.25) is 0 Å². The minimum Gasteiger partial charge on any atom is -0.508 e. The van der Waals surface area contributed by atoms with Gasteiger partial charge in [-0.1, -0.05) is 12.1 Å². The molecule has 0 bridgehead atoms. The lowest BCUT2D eigenvalue weighted by atomic mass is 9.90. The number of nitrogens with one attached hydrogen (secondary N) is 1. The number of hydrogen-bond donors (Lipinski definition) is 3. The summed E-state index contributed by atoms with van der Waals surface area (Å²) in [5, 5.41) is 21.9. The third kappa shape index (κ3) is 1.61. The first-order valence-corrected chi connectivity index (χ1v) is 4.83. The molecule has 1 saturated heterocycles. The van der Waals surface area contributed by atoms with Gasteiger partial charge in [-0.05, 0) is 31.0 Å². The zero-order chi connectivity index (χ0) is 10.2. The van der Waals surface area contributed by atoms with Crippen molar-refractivity contribution in [2.45, 2.75) is 25.0 Å². The van der Waals surface area contributed by atoms with Crippen molar-refractivity contribution in [3.8, 4) is 5.75 Å². The zero-order valence-corrected chi connectivity index (χ0v) is 8.20. The lowest BCUT2D eigenvalue weighted by Crippen LogP contribution is -2.32. The smallest absolute Gasteiger partial charge is 0.115 e. The SMILES string of the molecule is CC1(c2ccc(O)cc2)CC(O)CN1. The highest BCUT2D eigenvalue weighted by atomic mass is 16.3. The van der Waals surface area contributed by atoms with Crippen LogP contribution in [0.4, 0.5) is 0 Å². The summed E-state index contributed by atoms with van der Waals surface area (Å²) < 4.78 is 0. The average Bonchev–Trinajstić information content (AvgIpc) is 2.48. The Hall–Kier alpha value is -1.06. The van der Waals surface area contributed by atoms with E-state index in [2.05, 4.69) is 12.2 Å². The van der Waals surface area contributed by atoms with E-state index in [-0.39, 0.29) is 17.4 Å². The molecule has 0 amide bonds. The van der Waals surface area contributed by atoms with Gasteiger partial charge in [-0.15, -0.1) is 0 Å². The molecule has 1 aromatic rings. The normalized spacial score (nSPS) is 32.0. The van der Waals surface area contributed by atoms with E-state index >= 15 is 0 Å². The van der Waals surface area contributed by atoms with Crippen molar-refractivity contribution in [1.29, 1.82) is 0 Å². The van der Waals surface area contributed by atoms with E-state index in [0.717, 1.165) is 12.0 Å². The van der Waals surface area contributed by atoms with Crippen molar-refractivity contribution >= 4 is 0 Å². The van der Waals surface area contributed by atoms with Crippen molar-refractivity contribution in [2.75, 3.05) is 6.54 Å². The molecule has 0 saturated carbocycles. The molecule has 76 valence electrons. The lowest BCUT2D eigenvalue weighted by molar-refractivity contribution is 0.186. The van der Waals surface area contributed by atoms with Crippen LogP contribution in [0.2, 0.25) is 0 Å². The number of phenolic OH excluding ortho intramolecular Hbond substituents is 1. The number of aliphatic hydroxyl groups excluding tert-OH is 1. The standard InChI is InChI=1S/C11H15NO2/c1-11(6-10(14)7-12-11)8-2-4-9(13)5-3-8/h2-5,10,12-14H,6-7H2,1H3. The van der Waals surface area contributed by atoms with Crippen LogP contribution in [0.1, 0.15) is 18.9 Å². The molecular formula is C11H15NO2. The number of aliphatic hydroxyl groups is 1. The average molecular weight is 193 g/mol. The number of aromatic hydroxyl groups is 1. The third-order valence-electron chi connectivity index (χ3n) is 2.88. The Morgan fingerprint density at radius 1 is 1.36 bits per heavy atom. The van der Waals surface area contributed by atoms with Crippen LogP contribution in [-0.4, -0.2) is 22.9 Å². The Kier molecular flexibility index (Phi) is 2.21. The van der Waals surface area contributed by atoms with E-state index in [4.69, 9.17) is 5.11 Å². The zero-order valence-electron chi connectivity index (χ0n) is 8.20. The molecule has 2 rings (SSSR count). The van der Waals surface area contributed by atoms with Gasteiger partial charge in [0.05, 0.1) is 6.10 Å². The Morgan fingerprint density at radius 2 is 2.00 bits per heavy atom. The molecule has 0 radical (unpaired) electrons. The molecular weight excluding hydrogens is 178 g/mol. The second-order valence-corrected chi connectivity index (χ2v) is 4.12. The van der Waals surface area contributed by atoms with Crippen LogP contribution >= 0.6 is 0 Å². The van der Waals surface area contributed by atoms with Crippen molar-refractivity contribution in [2.24, 2.45) is 0 Å². The fourth-order valence-corrected chi connectivity index (χ4v) is 2.01. The highest BCUT2D eigenvalue weighted by Crippen LogP contribution is 2.31. The van der Waals surface area contributed by atoms with Gasteiger partial charge in [-0.3, -0.25) is 0 Å². The Bertz CT molecular complexity index is 323. The minimum atomic E-state index is -0.270. The highest BCUT2D eigenvalue weighted by Gasteiger charge is 2.34. The summed E-state index contributed by atoms with van der Waals surface area (Å²) in [7, 11) is 0. The minimum absolute atomic E-state index is 0.160. The number of rotatable bonds is 1. The van der Waals surface area contributed by atoms with Gasteiger partial charge in [0.1, 0.15) is 5.75 Å². The summed E-state index contributed by atoms with van der Waals surface area (Å²) in [5.41, 5.74) is 0.944. The summed E-state index contributed by atoms with van der Waals surface area (Å²) in [6, 6.07) is 7.13. The van der Waals surface area contributed by atoms with Crippen LogP contribution in [0.5, 0.6) is 5.75 Å². The fourth-order valence-electron chi connectivity index (χ4n) is 2.01.